The first-order valence-corrected chi connectivity index (χ1v) is 9.85. The molecular formula is C24H34N2O. The summed E-state index contributed by atoms with van der Waals surface area (Å²) in [6.45, 7) is 14.7. The van der Waals surface area contributed by atoms with E-state index in [4.69, 9.17) is 0 Å². The van der Waals surface area contributed by atoms with Gasteiger partial charge in [0.1, 0.15) is 0 Å². The lowest BCUT2D eigenvalue weighted by molar-refractivity contribution is -0.132. The van der Waals surface area contributed by atoms with Crippen LogP contribution in [-0.2, 0) is 17.9 Å². The number of rotatable bonds is 9. The van der Waals surface area contributed by atoms with Crippen LogP contribution >= 0.6 is 0 Å². The number of hydrogen-bond acceptors (Lipinski definition) is 1. The van der Waals surface area contributed by atoms with E-state index in [9.17, 15) is 4.79 Å². The summed E-state index contributed by atoms with van der Waals surface area (Å²) in [5.41, 5.74) is 2.65. The third-order valence-electron chi connectivity index (χ3n) is 4.66. The Morgan fingerprint density at radius 2 is 1.89 bits per heavy atom. The van der Waals surface area contributed by atoms with Gasteiger partial charge in [0.25, 0.3) is 0 Å². The highest BCUT2D eigenvalue weighted by Crippen LogP contribution is 2.26. The maximum Gasteiger partial charge on any atom is 0.223 e. The summed E-state index contributed by atoms with van der Waals surface area (Å²) in [7, 11) is 0. The molecule has 0 saturated carbocycles. The molecule has 27 heavy (non-hydrogen) atoms. The van der Waals surface area contributed by atoms with E-state index in [1.165, 1.54) is 5.56 Å². The zero-order valence-electron chi connectivity index (χ0n) is 17.3. The lowest BCUT2D eigenvalue weighted by Crippen LogP contribution is -2.33. The molecule has 0 spiro atoms. The predicted octanol–water partition coefficient (Wildman–Crippen LogP) is 5.51. The number of aromatic nitrogens is 1. The van der Waals surface area contributed by atoms with E-state index in [0.717, 1.165) is 18.7 Å². The second-order valence-electron chi connectivity index (χ2n) is 8.75. The molecule has 1 heterocycles. The Kier molecular flexibility index (Phi) is 7.46. The molecule has 0 aliphatic carbocycles. The molecule has 3 heteroatoms. The van der Waals surface area contributed by atoms with Crippen LogP contribution in [0.2, 0.25) is 0 Å². The topological polar surface area (TPSA) is 25.2 Å². The third kappa shape index (κ3) is 7.09. The number of amides is 1. The first-order valence-electron chi connectivity index (χ1n) is 9.85. The van der Waals surface area contributed by atoms with Gasteiger partial charge in [-0.05, 0) is 35.4 Å². The molecule has 0 N–H and O–H groups in total. The molecule has 0 aliphatic heterocycles. The Hall–Kier alpha value is -2.29. The van der Waals surface area contributed by atoms with Crippen molar-refractivity contribution in [1.82, 2.24) is 9.47 Å². The maximum absolute atomic E-state index is 12.9. The monoisotopic (exact) mass is 366 g/mol. The van der Waals surface area contributed by atoms with Gasteiger partial charge in [-0.1, -0.05) is 64.1 Å². The zero-order chi connectivity index (χ0) is 19.9. The molecule has 146 valence electrons. The summed E-state index contributed by atoms with van der Waals surface area (Å²) >= 11 is 0. The molecule has 1 unspecified atom stereocenters. The van der Waals surface area contributed by atoms with Gasteiger partial charge < -0.3 is 9.47 Å². The number of carbonyl (C=O) groups excluding carboxylic acids is 1. The molecule has 2 aromatic rings. The van der Waals surface area contributed by atoms with Gasteiger partial charge >= 0.3 is 0 Å². The van der Waals surface area contributed by atoms with Crippen LogP contribution in [0.15, 0.2) is 61.3 Å². The summed E-state index contributed by atoms with van der Waals surface area (Å²) in [4.78, 5) is 14.8. The summed E-state index contributed by atoms with van der Waals surface area (Å²) in [5, 5.41) is 0. The lowest BCUT2D eigenvalue weighted by Gasteiger charge is -2.27. The molecule has 0 aliphatic rings. The fraction of sp³-hybridized carbons (Fsp3) is 0.458. The maximum atomic E-state index is 12.9. The average Bonchev–Trinajstić information content (AvgIpc) is 3.00. The minimum atomic E-state index is 0.208. The molecule has 3 nitrogen and oxygen atoms in total. The van der Waals surface area contributed by atoms with Crippen LogP contribution in [0.5, 0.6) is 0 Å². The molecule has 1 atom stereocenters. The van der Waals surface area contributed by atoms with Gasteiger partial charge in [0.05, 0.1) is 6.54 Å². The van der Waals surface area contributed by atoms with Crippen molar-refractivity contribution in [2.24, 2.45) is 11.3 Å². The first-order chi connectivity index (χ1) is 12.8. The molecule has 2 rings (SSSR count). The normalized spacial score (nSPS) is 12.6. The summed E-state index contributed by atoms with van der Waals surface area (Å²) in [6.07, 6.45) is 5.54. The number of benzene rings is 1. The Morgan fingerprint density at radius 3 is 2.52 bits per heavy atom. The third-order valence-corrected chi connectivity index (χ3v) is 4.66. The van der Waals surface area contributed by atoms with Crippen LogP contribution in [0, 0.1) is 11.3 Å². The van der Waals surface area contributed by atoms with Crippen molar-refractivity contribution in [3.05, 3.63) is 72.6 Å². The van der Waals surface area contributed by atoms with Crippen molar-refractivity contribution < 1.29 is 4.79 Å². The van der Waals surface area contributed by atoms with E-state index in [1.54, 1.807) is 0 Å². The average molecular weight is 367 g/mol. The minimum Gasteiger partial charge on any atom is -0.345 e. The van der Waals surface area contributed by atoms with Gasteiger partial charge in [0, 0.05) is 31.4 Å². The first kappa shape index (κ1) is 21.0. The Morgan fingerprint density at radius 1 is 1.19 bits per heavy atom. The quantitative estimate of drug-likeness (QED) is 0.537. The standard InChI is InChI=1S/C24H34N2O/c1-6-14-26(23(27)16-20(2)17-24(3,4)5)19-22-13-10-15-25(22)18-21-11-8-7-9-12-21/h6-13,15,20H,1,14,16-19H2,2-5H3. The molecule has 1 amide bonds. The number of nitrogens with zero attached hydrogens (tertiary/aromatic N) is 2. The van der Waals surface area contributed by atoms with E-state index < -0.39 is 0 Å². The molecule has 0 fully saturated rings. The molecular weight excluding hydrogens is 332 g/mol. The molecule has 0 bridgehead atoms. The van der Waals surface area contributed by atoms with E-state index >= 15 is 0 Å². The van der Waals surface area contributed by atoms with Crippen molar-refractivity contribution in [1.29, 1.82) is 0 Å². The van der Waals surface area contributed by atoms with Gasteiger partial charge in [-0.3, -0.25) is 4.79 Å². The summed E-state index contributed by atoms with van der Waals surface area (Å²) in [6, 6.07) is 14.6. The Bertz CT molecular complexity index is 724. The predicted molar refractivity (Wildman–Crippen MR) is 113 cm³/mol. The highest BCUT2D eigenvalue weighted by atomic mass is 16.2. The van der Waals surface area contributed by atoms with Gasteiger partial charge in [-0.25, -0.2) is 0 Å². The lowest BCUT2D eigenvalue weighted by atomic mass is 9.84. The molecule has 1 aromatic heterocycles. The summed E-state index contributed by atoms with van der Waals surface area (Å²) < 4.78 is 2.22. The largest absolute Gasteiger partial charge is 0.345 e. The SMILES string of the molecule is C=CCN(Cc1cccn1Cc1ccccc1)C(=O)CC(C)CC(C)(C)C. The fourth-order valence-corrected chi connectivity index (χ4v) is 3.68. The van der Waals surface area contributed by atoms with Crippen molar-refractivity contribution in [2.75, 3.05) is 6.54 Å². The van der Waals surface area contributed by atoms with Crippen LogP contribution in [0.1, 0.15) is 51.8 Å². The second-order valence-corrected chi connectivity index (χ2v) is 8.75. The van der Waals surface area contributed by atoms with Crippen molar-refractivity contribution in [3.8, 4) is 0 Å². The van der Waals surface area contributed by atoms with E-state index in [1.807, 2.05) is 17.0 Å². The second kappa shape index (κ2) is 9.59. The fourth-order valence-electron chi connectivity index (χ4n) is 3.68. The van der Waals surface area contributed by atoms with Gasteiger partial charge in [0.2, 0.25) is 5.91 Å². The van der Waals surface area contributed by atoms with E-state index in [-0.39, 0.29) is 11.3 Å². The van der Waals surface area contributed by atoms with Crippen LogP contribution in [0.25, 0.3) is 0 Å². The Balaban J connectivity index is 2.04. The molecule has 1 aromatic carbocycles. The van der Waals surface area contributed by atoms with Gasteiger partial charge in [-0.2, -0.15) is 0 Å². The van der Waals surface area contributed by atoms with Gasteiger partial charge in [-0.15, -0.1) is 6.58 Å². The van der Waals surface area contributed by atoms with Crippen molar-refractivity contribution in [3.63, 3.8) is 0 Å². The Labute approximate surface area is 164 Å². The van der Waals surface area contributed by atoms with E-state index in [0.29, 0.717) is 25.4 Å². The summed E-state index contributed by atoms with van der Waals surface area (Å²) in [5.74, 6) is 0.583. The highest BCUT2D eigenvalue weighted by Gasteiger charge is 2.21. The van der Waals surface area contributed by atoms with Crippen molar-refractivity contribution >= 4 is 5.91 Å². The van der Waals surface area contributed by atoms with Gasteiger partial charge in [0.15, 0.2) is 0 Å². The molecule has 0 radical (unpaired) electrons. The minimum absolute atomic E-state index is 0.208. The number of carbonyl (C=O) groups is 1. The smallest absolute Gasteiger partial charge is 0.223 e. The van der Waals surface area contributed by atoms with Crippen LogP contribution in [0.3, 0.4) is 0 Å². The van der Waals surface area contributed by atoms with E-state index in [2.05, 4.69) is 81.4 Å². The number of hydrogen-bond donors (Lipinski definition) is 0. The van der Waals surface area contributed by atoms with Crippen LogP contribution < -0.4 is 0 Å². The van der Waals surface area contributed by atoms with Crippen LogP contribution in [-0.4, -0.2) is 21.9 Å². The zero-order valence-corrected chi connectivity index (χ0v) is 17.3. The highest BCUT2D eigenvalue weighted by molar-refractivity contribution is 5.76. The molecule has 0 saturated heterocycles. The van der Waals surface area contributed by atoms with Crippen molar-refractivity contribution in [2.45, 2.75) is 53.6 Å². The van der Waals surface area contributed by atoms with Crippen LogP contribution in [0.4, 0.5) is 0 Å².